The second-order valence-electron chi connectivity index (χ2n) is 5.50. The molecule has 0 saturated heterocycles. The van der Waals surface area contributed by atoms with Crippen LogP contribution in [-0.2, 0) is 16.0 Å². The Hall–Kier alpha value is -2.04. The Kier molecular flexibility index (Phi) is 5.13. The van der Waals surface area contributed by atoms with Crippen LogP contribution in [0.15, 0.2) is 18.2 Å². The molecule has 0 atom stereocenters. The van der Waals surface area contributed by atoms with Gasteiger partial charge in [-0.25, -0.2) is 9.59 Å². The molecule has 5 heteroatoms. The molecule has 0 bridgehead atoms. The molecule has 0 aliphatic rings. The molecule has 1 amide bonds. The third-order valence-corrected chi connectivity index (χ3v) is 2.53. The number of hydrogen-bond donors (Lipinski definition) is 1. The highest BCUT2D eigenvalue weighted by atomic mass is 16.6. The number of amides is 1. The Morgan fingerprint density at radius 2 is 1.90 bits per heavy atom. The van der Waals surface area contributed by atoms with Crippen molar-refractivity contribution in [2.24, 2.45) is 0 Å². The Morgan fingerprint density at radius 3 is 2.40 bits per heavy atom. The Labute approximate surface area is 119 Å². The molecule has 20 heavy (non-hydrogen) atoms. The minimum Gasteiger partial charge on any atom is -0.465 e. The van der Waals surface area contributed by atoms with Crippen LogP contribution in [0, 0.1) is 6.92 Å². The van der Waals surface area contributed by atoms with E-state index in [0.717, 1.165) is 11.1 Å². The first kappa shape index (κ1) is 16.0. The molecular formula is C15H21NO4. The summed E-state index contributed by atoms with van der Waals surface area (Å²) < 4.78 is 9.83. The van der Waals surface area contributed by atoms with E-state index in [2.05, 4.69) is 10.1 Å². The van der Waals surface area contributed by atoms with Gasteiger partial charge in [-0.2, -0.15) is 0 Å². The maximum Gasteiger partial charge on any atom is 0.407 e. The molecule has 5 nitrogen and oxygen atoms in total. The first-order valence-electron chi connectivity index (χ1n) is 6.37. The molecule has 0 unspecified atom stereocenters. The molecule has 110 valence electrons. The molecule has 0 heterocycles. The van der Waals surface area contributed by atoms with Crippen LogP contribution in [0.2, 0.25) is 0 Å². The van der Waals surface area contributed by atoms with E-state index >= 15 is 0 Å². The third-order valence-electron chi connectivity index (χ3n) is 2.53. The summed E-state index contributed by atoms with van der Waals surface area (Å²) >= 11 is 0. The van der Waals surface area contributed by atoms with Gasteiger partial charge in [0.1, 0.15) is 5.60 Å². The normalized spacial score (nSPS) is 10.8. The summed E-state index contributed by atoms with van der Waals surface area (Å²) in [7, 11) is 1.35. The summed E-state index contributed by atoms with van der Waals surface area (Å²) in [6.45, 7) is 7.59. The number of esters is 1. The molecule has 0 aromatic heterocycles. The average molecular weight is 279 g/mol. The highest BCUT2D eigenvalue weighted by Gasteiger charge is 2.16. The van der Waals surface area contributed by atoms with Crippen molar-refractivity contribution in [3.63, 3.8) is 0 Å². The van der Waals surface area contributed by atoms with Crippen LogP contribution >= 0.6 is 0 Å². The molecule has 0 aliphatic carbocycles. The van der Waals surface area contributed by atoms with E-state index in [-0.39, 0.29) is 5.97 Å². The van der Waals surface area contributed by atoms with Crippen LogP contribution in [0.3, 0.4) is 0 Å². The maximum atomic E-state index is 11.5. The van der Waals surface area contributed by atoms with Gasteiger partial charge >= 0.3 is 12.1 Å². The summed E-state index contributed by atoms with van der Waals surface area (Å²) in [5.41, 5.74) is 1.70. The lowest BCUT2D eigenvalue weighted by Crippen LogP contribution is -2.32. The van der Waals surface area contributed by atoms with E-state index in [1.54, 1.807) is 12.1 Å². The predicted molar refractivity (Wildman–Crippen MR) is 75.6 cm³/mol. The van der Waals surface area contributed by atoms with E-state index in [0.29, 0.717) is 12.1 Å². The molecule has 0 saturated carbocycles. The van der Waals surface area contributed by atoms with Crippen molar-refractivity contribution in [3.05, 3.63) is 34.9 Å². The minimum atomic E-state index is -0.519. The Bertz CT molecular complexity index is 503. The molecule has 0 fully saturated rings. The lowest BCUT2D eigenvalue weighted by atomic mass is 10.1. The van der Waals surface area contributed by atoms with Gasteiger partial charge in [0.25, 0.3) is 0 Å². The molecule has 0 radical (unpaired) electrons. The number of ether oxygens (including phenoxy) is 2. The molecule has 1 rings (SSSR count). The van der Waals surface area contributed by atoms with Gasteiger partial charge in [-0.15, -0.1) is 0 Å². The van der Waals surface area contributed by atoms with E-state index in [9.17, 15) is 9.59 Å². The van der Waals surface area contributed by atoms with E-state index in [1.807, 2.05) is 33.8 Å². The van der Waals surface area contributed by atoms with E-state index in [4.69, 9.17) is 4.74 Å². The van der Waals surface area contributed by atoms with Crippen molar-refractivity contribution in [1.82, 2.24) is 5.32 Å². The number of aryl methyl sites for hydroxylation is 1. The Morgan fingerprint density at radius 1 is 1.25 bits per heavy atom. The van der Waals surface area contributed by atoms with Crippen molar-refractivity contribution < 1.29 is 19.1 Å². The van der Waals surface area contributed by atoms with Crippen molar-refractivity contribution in [3.8, 4) is 0 Å². The quantitative estimate of drug-likeness (QED) is 0.864. The van der Waals surface area contributed by atoms with Gasteiger partial charge in [0.2, 0.25) is 0 Å². The Balaban J connectivity index is 2.64. The molecule has 1 N–H and O–H groups in total. The highest BCUT2D eigenvalue weighted by molar-refractivity contribution is 5.91. The van der Waals surface area contributed by atoms with Crippen molar-refractivity contribution in [2.75, 3.05) is 7.11 Å². The molecule has 0 spiro atoms. The van der Waals surface area contributed by atoms with Gasteiger partial charge in [0.15, 0.2) is 0 Å². The van der Waals surface area contributed by atoms with Crippen LogP contribution < -0.4 is 5.32 Å². The topological polar surface area (TPSA) is 64.6 Å². The zero-order valence-electron chi connectivity index (χ0n) is 12.6. The van der Waals surface area contributed by atoms with Crippen LogP contribution in [0.4, 0.5) is 4.79 Å². The number of rotatable bonds is 3. The van der Waals surface area contributed by atoms with Gasteiger partial charge in [0.05, 0.1) is 12.7 Å². The second-order valence-corrected chi connectivity index (χ2v) is 5.50. The molecule has 0 aliphatic heterocycles. The van der Waals surface area contributed by atoms with Crippen LogP contribution in [0.5, 0.6) is 0 Å². The lowest BCUT2D eigenvalue weighted by Gasteiger charge is -2.19. The fraction of sp³-hybridized carbons (Fsp3) is 0.467. The standard InChI is InChI=1S/C15H21NO4/c1-10-8-11(6-7-12(10)13(17)19-5)9-16-14(18)20-15(2,3)4/h6-8H,9H2,1-5H3,(H,16,18). The zero-order chi connectivity index (χ0) is 15.3. The second kappa shape index (κ2) is 6.41. The van der Waals surface area contributed by atoms with Crippen LogP contribution in [-0.4, -0.2) is 24.8 Å². The first-order valence-corrected chi connectivity index (χ1v) is 6.37. The smallest absolute Gasteiger partial charge is 0.407 e. The first-order chi connectivity index (χ1) is 9.23. The third kappa shape index (κ3) is 4.91. The summed E-state index contributed by atoms with van der Waals surface area (Å²) in [5, 5.41) is 2.67. The number of hydrogen-bond acceptors (Lipinski definition) is 4. The number of benzene rings is 1. The SMILES string of the molecule is COC(=O)c1ccc(CNC(=O)OC(C)(C)C)cc1C. The number of carbonyl (C=O) groups excluding carboxylic acids is 2. The zero-order valence-corrected chi connectivity index (χ0v) is 12.6. The summed E-state index contributed by atoms with van der Waals surface area (Å²) in [4.78, 5) is 23.0. The fourth-order valence-corrected chi connectivity index (χ4v) is 1.66. The predicted octanol–water partition coefficient (Wildman–Crippen LogP) is 2.81. The van der Waals surface area contributed by atoms with Crippen molar-refractivity contribution in [2.45, 2.75) is 39.8 Å². The van der Waals surface area contributed by atoms with Crippen LogP contribution in [0.1, 0.15) is 42.3 Å². The van der Waals surface area contributed by atoms with Crippen LogP contribution in [0.25, 0.3) is 0 Å². The fourth-order valence-electron chi connectivity index (χ4n) is 1.66. The number of methoxy groups -OCH3 is 1. The molecular weight excluding hydrogens is 258 g/mol. The van der Waals surface area contributed by atoms with Gasteiger partial charge in [0, 0.05) is 6.54 Å². The molecule has 1 aromatic rings. The van der Waals surface area contributed by atoms with Gasteiger partial charge in [-0.3, -0.25) is 0 Å². The number of nitrogens with one attached hydrogen (secondary N) is 1. The van der Waals surface area contributed by atoms with Gasteiger partial charge < -0.3 is 14.8 Å². The molecule has 1 aromatic carbocycles. The number of carbonyl (C=O) groups is 2. The summed E-state index contributed by atoms with van der Waals surface area (Å²) in [5.74, 6) is -0.367. The van der Waals surface area contributed by atoms with Gasteiger partial charge in [-0.05, 0) is 44.9 Å². The minimum absolute atomic E-state index is 0.344. The van der Waals surface area contributed by atoms with Crippen molar-refractivity contribution >= 4 is 12.1 Å². The van der Waals surface area contributed by atoms with E-state index < -0.39 is 11.7 Å². The average Bonchev–Trinajstić information content (AvgIpc) is 2.33. The monoisotopic (exact) mass is 279 g/mol. The lowest BCUT2D eigenvalue weighted by molar-refractivity contribution is 0.0522. The highest BCUT2D eigenvalue weighted by Crippen LogP contribution is 2.13. The largest absolute Gasteiger partial charge is 0.465 e. The van der Waals surface area contributed by atoms with Gasteiger partial charge in [-0.1, -0.05) is 12.1 Å². The maximum absolute atomic E-state index is 11.5. The van der Waals surface area contributed by atoms with Crippen molar-refractivity contribution in [1.29, 1.82) is 0 Å². The van der Waals surface area contributed by atoms with E-state index in [1.165, 1.54) is 7.11 Å². The summed E-state index contributed by atoms with van der Waals surface area (Å²) in [6, 6.07) is 5.30. The number of alkyl carbamates (subject to hydrolysis) is 1. The summed E-state index contributed by atoms with van der Waals surface area (Å²) in [6.07, 6.45) is -0.466.